The number of halogens is 3. The van der Waals surface area contributed by atoms with Crippen LogP contribution >= 0.6 is 0 Å². The first-order chi connectivity index (χ1) is 12.8. The first kappa shape index (κ1) is 17.4. The number of hydrogen-bond acceptors (Lipinski definition) is 4. The molecule has 0 saturated heterocycles. The quantitative estimate of drug-likeness (QED) is 0.762. The molecule has 9 heteroatoms. The molecule has 0 unspecified atom stereocenters. The molecule has 1 aliphatic rings. The monoisotopic (exact) mass is 375 g/mol. The van der Waals surface area contributed by atoms with Crippen LogP contribution in [0.3, 0.4) is 0 Å². The van der Waals surface area contributed by atoms with E-state index in [1.165, 1.54) is 4.90 Å². The van der Waals surface area contributed by atoms with Crippen molar-refractivity contribution in [2.75, 3.05) is 13.1 Å². The molecule has 6 nitrogen and oxygen atoms in total. The number of H-pyrrole nitrogens is 1. The van der Waals surface area contributed by atoms with Crippen molar-refractivity contribution in [2.45, 2.75) is 25.9 Å². The molecule has 0 aromatic carbocycles. The van der Waals surface area contributed by atoms with Crippen molar-refractivity contribution >= 4 is 33.4 Å². The standard InChI is InChI=1S/C18H16F3N5O/c1-10-24-13-8-23-17-12(3-6-22-17)15(13)16(25-10)11-4-7-26(9-11)14(27)2-5-18(19,20)21/h3-4,6,8H,2,5,7,9H2,1H3,(H,22,23). The molecule has 140 valence electrons. The maximum atomic E-state index is 12.4. The van der Waals surface area contributed by atoms with Gasteiger partial charge in [0.2, 0.25) is 5.91 Å². The average Bonchev–Trinajstić information content (AvgIpc) is 3.27. The Kier molecular flexibility index (Phi) is 4.09. The van der Waals surface area contributed by atoms with Gasteiger partial charge in [0.05, 0.1) is 23.8 Å². The maximum Gasteiger partial charge on any atom is 0.389 e. The highest BCUT2D eigenvalue weighted by atomic mass is 19.4. The summed E-state index contributed by atoms with van der Waals surface area (Å²) in [7, 11) is 0. The fourth-order valence-electron chi connectivity index (χ4n) is 3.30. The summed E-state index contributed by atoms with van der Waals surface area (Å²) in [6.45, 7) is 2.28. The summed E-state index contributed by atoms with van der Waals surface area (Å²) in [6, 6.07) is 1.88. The number of aromatic nitrogens is 4. The van der Waals surface area contributed by atoms with E-state index >= 15 is 0 Å². The number of hydrogen-bond donors (Lipinski definition) is 1. The fourth-order valence-corrected chi connectivity index (χ4v) is 3.30. The molecule has 0 fully saturated rings. The minimum Gasteiger partial charge on any atom is -0.346 e. The summed E-state index contributed by atoms with van der Waals surface area (Å²) in [6.07, 6.45) is -0.710. The molecule has 3 aromatic rings. The molecule has 0 bridgehead atoms. The molecule has 27 heavy (non-hydrogen) atoms. The highest BCUT2D eigenvalue weighted by molar-refractivity contribution is 6.08. The van der Waals surface area contributed by atoms with Gasteiger partial charge in [-0.1, -0.05) is 6.08 Å². The number of carbonyl (C=O) groups excluding carboxylic acids is 1. The van der Waals surface area contributed by atoms with Crippen LogP contribution in [0.15, 0.2) is 24.5 Å². The van der Waals surface area contributed by atoms with E-state index in [0.29, 0.717) is 22.7 Å². The van der Waals surface area contributed by atoms with Gasteiger partial charge >= 0.3 is 6.18 Å². The SMILES string of the molecule is Cc1nc(C2=CCN(C(=O)CCC(F)(F)F)C2)c2c(cnc3[nH]ccc32)n1. The molecule has 0 atom stereocenters. The van der Waals surface area contributed by atoms with Gasteiger partial charge in [-0.25, -0.2) is 15.0 Å². The Hall–Kier alpha value is -2.97. The molecule has 4 rings (SSSR count). The lowest BCUT2D eigenvalue weighted by Gasteiger charge is -2.17. The minimum atomic E-state index is -4.33. The van der Waals surface area contributed by atoms with Crippen molar-refractivity contribution in [3.63, 3.8) is 0 Å². The first-order valence-electron chi connectivity index (χ1n) is 8.46. The first-order valence-corrected chi connectivity index (χ1v) is 8.46. The lowest BCUT2D eigenvalue weighted by atomic mass is 10.1. The third-order valence-electron chi connectivity index (χ3n) is 4.56. The summed E-state index contributed by atoms with van der Waals surface area (Å²) < 4.78 is 37.1. The number of pyridine rings is 1. The van der Waals surface area contributed by atoms with Crippen molar-refractivity contribution < 1.29 is 18.0 Å². The summed E-state index contributed by atoms with van der Waals surface area (Å²) in [5.74, 6) is 0.0547. The number of aryl methyl sites for hydroxylation is 1. The Labute approximate surface area is 152 Å². The molecule has 1 aliphatic heterocycles. The number of nitrogens with zero attached hydrogens (tertiary/aromatic N) is 4. The van der Waals surface area contributed by atoms with E-state index in [9.17, 15) is 18.0 Å². The number of nitrogens with one attached hydrogen (secondary N) is 1. The Morgan fingerprint density at radius 2 is 2.15 bits per heavy atom. The van der Waals surface area contributed by atoms with E-state index in [2.05, 4.69) is 19.9 Å². The molecular weight excluding hydrogens is 359 g/mol. The zero-order valence-electron chi connectivity index (χ0n) is 14.5. The largest absolute Gasteiger partial charge is 0.389 e. The van der Waals surface area contributed by atoms with Crippen LogP contribution in [-0.4, -0.2) is 50.0 Å². The highest BCUT2D eigenvalue weighted by Gasteiger charge is 2.30. The number of rotatable bonds is 3. The topological polar surface area (TPSA) is 74.8 Å². The Morgan fingerprint density at radius 3 is 2.93 bits per heavy atom. The van der Waals surface area contributed by atoms with Crippen molar-refractivity contribution in [1.29, 1.82) is 0 Å². The van der Waals surface area contributed by atoms with Crippen LogP contribution in [0.2, 0.25) is 0 Å². The molecular formula is C18H16F3N5O. The summed E-state index contributed by atoms with van der Waals surface area (Å²) in [5, 5.41) is 1.69. The van der Waals surface area contributed by atoms with Crippen LogP contribution in [0.4, 0.5) is 13.2 Å². The van der Waals surface area contributed by atoms with E-state index in [4.69, 9.17) is 0 Å². The van der Waals surface area contributed by atoms with Gasteiger partial charge in [-0.2, -0.15) is 13.2 Å². The summed E-state index contributed by atoms with van der Waals surface area (Å²) >= 11 is 0. The van der Waals surface area contributed by atoms with Crippen molar-refractivity contribution in [2.24, 2.45) is 0 Å². The second-order valence-corrected chi connectivity index (χ2v) is 6.50. The Balaban J connectivity index is 1.65. The average molecular weight is 375 g/mol. The van der Waals surface area contributed by atoms with Crippen LogP contribution in [0.1, 0.15) is 24.4 Å². The van der Waals surface area contributed by atoms with Gasteiger partial charge in [-0.3, -0.25) is 4.79 Å². The predicted octanol–water partition coefficient (Wildman–Crippen LogP) is 3.38. The number of alkyl halides is 3. The number of amides is 1. The Morgan fingerprint density at radius 1 is 1.33 bits per heavy atom. The van der Waals surface area contributed by atoms with E-state index in [1.807, 2.05) is 12.1 Å². The number of aromatic amines is 1. The molecule has 0 spiro atoms. The van der Waals surface area contributed by atoms with Gasteiger partial charge in [0.25, 0.3) is 0 Å². The van der Waals surface area contributed by atoms with Crippen LogP contribution in [-0.2, 0) is 4.79 Å². The zero-order chi connectivity index (χ0) is 19.2. The smallest absolute Gasteiger partial charge is 0.346 e. The highest BCUT2D eigenvalue weighted by Crippen LogP contribution is 2.31. The molecule has 4 heterocycles. The van der Waals surface area contributed by atoms with Crippen LogP contribution in [0.25, 0.3) is 27.5 Å². The lowest BCUT2D eigenvalue weighted by molar-refractivity contribution is -0.148. The predicted molar refractivity (Wildman–Crippen MR) is 93.8 cm³/mol. The number of carbonyl (C=O) groups is 1. The van der Waals surface area contributed by atoms with Crippen molar-refractivity contribution in [3.05, 3.63) is 36.1 Å². The zero-order valence-corrected chi connectivity index (χ0v) is 14.5. The van der Waals surface area contributed by atoms with Gasteiger partial charge in [-0.05, 0) is 18.6 Å². The molecule has 0 aliphatic carbocycles. The number of fused-ring (bicyclic) bond motifs is 3. The van der Waals surface area contributed by atoms with E-state index in [1.54, 1.807) is 19.3 Å². The van der Waals surface area contributed by atoms with E-state index < -0.39 is 24.9 Å². The van der Waals surface area contributed by atoms with Crippen LogP contribution in [0, 0.1) is 6.92 Å². The molecule has 0 saturated carbocycles. The Bertz CT molecular complexity index is 1070. The van der Waals surface area contributed by atoms with Gasteiger partial charge in [0.1, 0.15) is 11.5 Å². The molecule has 0 radical (unpaired) electrons. The van der Waals surface area contributed by atoms with Gasteiger partial charge < -0.3 is 9.88 Å². The lowest BCUT2D eigenvalue weighted by Crippen LogP contribution is -2.29. The second-order valence-electron chi connectivity index (χ2n) is 6.50. The third kappa shape index (κ3) is 3.36. The summed E-state index contributed by atoms with van der Waals surface area (Å²) in [5.41, 5.74) is 2.88. The molecule has 1 amide bonds. The third-order valence-corrected chi connectivity index (χ3v) is 4.56. The van der Waals surface area contributed by atoms with Crippen molar-refractivity contribution in [1.82, 2.24) is 24.8 Å². The van der Waals surface area contributed by atoms with Gasteiger partial charge in [-0.15, -0.1) is 0 Å². The van der Waals surface area contributed by atoms with E-state index in [-0.39, 0.29) is 13.1 Å². The van der Waals surface area contributed by atoms with Crippen LogP contribution < -0.4 is 0 Å². The van der Waals surface area contributed by atoms with Crippen LogP contribution in [0.5, 0.6) is 0 Å². The molecule has 1 N–H and O–H groups in total. The normalized spacial score (nSPS) is 15.0. The minimum absolute atomic E-state index is 0.233. The second kappa shape index (κ2) is 6.33. The fraction of sp³-hybridized carbons (Fsp3) is 0.333. The molecule has 3 aromatic heterocycles. The van der Waals surface area contributed by atoms with Gasteiger partial charge in [0.15, 0.2) is 0 Å². The van der Waals surface area contributed by atoms with Gasteiger partial charge in [0, 0.05) is 36.5 Å². The van der Waals surface area contributed by atoms with E-state index in [0.717, 1.165) is 16.3 Å². The maximum absolute atomic E-state index is 12.4. The summed E-state index contributed by atoms with van der Waals surface area (Å²) in [4.78, 5) is 29.9. The van der Waals surface area contributed by atoms with Crippen molar-refractivity contribution in [3.8, 4) is 0 Å².